The van der Waals surface area contributed by atoms with Gasteiger partial charge in [-0.2, -0.15) is 16.9 Å². The Bertz CT molecular complexity index is 953. The maximum atomic E-state index is 12.7. The number of fused-ring (bicyclic) bond motifs is 1. The topological polar surface area (TPSA) is 87.5 Å². The zero-order valence-corrected chi connectivity index (χ0v) is 18.3. The van der Waals surface area contributed by atoms with Crippen LogP contribution in [0.2, 0.25) is 0 Å². The minimum Gasteiger partial charge on any atom is -0.361 e. The SMILES string of the molecule is CN(C)c1ccc(C(=O)N2CCN(CCn3nc4c(cc3=O)CSCC4)CC2)nn1. The normalized spacial score (nSPS) is 16.9. The van der Waals surface area contributed by atoms with E-state index in [4.69, 9.17) is 0 Å². The average Bonchev–Trinajstić information content (AvgIpc) is 2.77. The van der Waals surface area contributed by atoms with Gasteiger partial charge in [-0.15, -0.1) is 10.2 Å². The molecule has 160 valence electrons. The number of hydrogen-bond acceptors (Lipinski definition) is 8. The van der Waals surface area contributed by atoms with Crippen LogP contribution in [0.15, 0.2) is 23.0 Å². The minimum absolute atomic E-state index is 0.0233. The Balaban J connectivity index is 1.29. The Kier molecular flexibility index (Phi) is 6.33. The predicted octanol–water partition coefficient (Wildman–Crippen LogP) is 0.347. The van der Waals surface area contributed by atoms with Crippen LogP contribution in [0, 0.1) is 0 Å². The highest BCUT2D eigenvalue weighted by Gasteiger charge is 2.23. The molecule has 0 unspecified atom stereocenters. The molecule has 9 nitrogen and oxygen atoms in total. The molecule has 0 bridgehead atoms. The number of piperazine rings is 1. The summed E-state index contributed by atoms with van der Waals surface area (Å²) in [5.41, 5.74) is 2.49. The van der Waals surface area contributed by atoms with E-state index in [0.29, 0.717) is 25.3 Å². The maximum Gasteiger partial charge on any atom is 0.274 e. The number of aryl methyl sites for hydroxylation is 1. The zero-order valence-electron chi connectivity index (χ0n) is 17.5. The van der Waals surface area contributed by atoms with Crippen LogP contribution < -0.4 is 10.5 Å². The highest BCUT2D eigenvalue weighted by Crippen LogP contribution is 2.21. The Morgan fingerprint density at radius 3 is 2.63 bits per heavy atom. The van der Waals surface area contributed by atoms with Crippen LogP contribution in [0.1, 0.15) is 21.7 Å². The molecule has 0 spiro atoms. The van der Waals surface area contributed by atoms with Crippen LogP contribution in [-0.2, 0) is 18.7 Å². The first-order valence-electron chi connectivity index (χ1n) is 10.2. The fourth-order valence-electron chi connectivity index (χ4n) is 3.66. The number of rotatable bonds is 5. The third-order valence-corrected chi connectivity index (χ3v) is 6.53. The molecular formula is C20H27N7O2S. The van der Waals surface area contributed by atoms with Crippen LogP contribution in [0.5, 0.6) is 0 Å². The monoisotopic (exact) mass is 429 g/mol. The maximum absolute atomic E-state index is 12.7. The van der Waals surface area contributed by atoms with Crippen molar-refractivity contribution < 1.29 is 4.79 Å². The molecule has 4 heterocycles. The zero-order chi connectivity index (χ0) is 21.1. The summed E-state index contributed by atoms with van der Waals surface area (Å²) >= 11 is 1.85. The Hall–Kier alpha value is -2.46. The van der Waals surface area contributed by atoms with Gasteiger partial charge in [0.2, 0.25) is 0 Å². The number of anilines is 1. The molecule has 0 aromatic carbocycles. The molecule has 0 N–H and O–H groups in total. The van der Waals surface area contributed by atoms with Gasteiger partial charge in [-0.1, -0.05) is 0 Å². The molecule has 0 atom stereocenters. The minimum atomic E-state index is -0.0853. The highest BCUT2D eigenvalue weighted by atomic mass is 32.2. The van der Waals surface area contributed by atoms with Gasteiger partial charge in [0.1, 0.15) is 0 Å². The first-order valence-corrected chi connectivity index (χ1v) is 11.4. The number of carbonyl (C=O) groups is 1. The number of carbonyl (C=O) groups excluding carboxylic acids is 1. The van der Waals surface area contributed by atoms with Gasteiger partial charge in [-0.25, -0.2) is 4.68 Å². The summed E-state index contributed by atoms with van der Waals surface area (Å²) in [6.07, 6.45) is 0.930. The summed E-state index contributed by atoms with van der Waals surface area (Å²) in [6, 6.07) is 5.27. The molecule has 2 aromatic heterocycles. The van der Waals surface area contributed by atoms with Crippen molar-refractivity contribution >= 4 is 23.5 Å². The number of aromatic nitrogens is 4. The van der Waals surface area contributed by atoms with Crippen LogP contribution >= 0.6 is 11.8 Å². The van der Waals surface area contributed by atoms with E-state index in [-0.39, 0.29) is 11.5 Å². The summed E-state index contributed by atoms with van der Waals surface area (Å²) in [4.78, 5) is 31.0. The number of hydrogen-bond donors (Lipinski definition) is 0. The first kappa shape index (κ1) is 20.8. The third kappa shape index (κ3) is 4.65. The summed E-state index contributed by atoms with van der Waals surface area (Å²) in [5.74, 6) is 2.59. The van der Waals surface area contributed by atoms with Gasteiger partial charge >= 0.3 is 0 Å². The molecule has 1 saturated heterocycles. The van der Waals surface area contributed by atoms with Crippen LogP contribution in [-0.4, -0.2) is 88.3 Å². The highest BCUT2D eigenvalue weighted by molar-refractivity contribution is 7.98. The molecule has 4 rings (SSSR count). The summed E-state index contributed by atoms with van der Waals surface area (Å²) in [7, 11) is 3.77. The summed E-state index contributed by atoms with van der Waals surface area (Å²) in [6.45, 7) is 4.14. The van der Waals surface area contributed by atoms with Crippen molar-refractivity contribution in [1.29, 1.82) is 0 Å². The van der Waals surface area contributed by atoms with E-state index < -0.39 is 0 Å². The van der Waals surface area contributed by atoms with E-state index in [9.17, 15) is 9.59 Å². The van der Waals surface area contributed by atoms with Gasteiger partial charge < -0.3 is 9.80 Å². The molecule has 1 amide bonds. The van der Waals surface area contributed by atoms with Gasteiger partial charge in [0.05, 0.1) is 12.2 Å². The van der Waals surface area contributed by atoms with Gasteiger partial charge in [-0.3, -0.25) is 14.5 Å². The molecule has 1 fully saturated rings. The molecule has 30 heavy (non-hydrogen) atoms. The first-order chi connectivity index (χ1) is 14.5. The van der Waals surface area contributed by atoms with E-state index >= 15 is 0 Å². The van der Waals surface area contributed by atoms with E-state index in [1.54, 1.807) is 22.9 Å². The molecule has 0 saturated carbocycles. The van der Waals surface area contributed by atoms with Crippen molar-refractivity contribution in [1.82, 2.24) is 29.8 Å². The lowest BCUT2D eigenvalue weighted by Crippen LogP contribution is -2.49. The number of amides is 1. The second kappa shape index (κ2) is 9.13. The van der Waals surface area contributed by atoms with Gasteiger partial charge in [0.25, 0.3) is 11.5 Å². The lowest BCUT2D eigenvalue weighted by Gasteiger charge is -2.34. The standard InChI is InChI=1S/C20H27N7O2S/c1-24(2)18-4-3-17(21-22-18)20(29)26-9-6-25(7-10-26)8-11-27-19(28)13-15-14-30-12-5-16(15)23-27/h3-4,13H,5-12,14H2,1-2H3. The Morgan fingerprint density at radius 1 is 1.13 bits per heavy atom. The van der Waals surface area contributed by atoms with Gasteiger partial charge in [-0.05, 0) is 23.4 Å². The largest absolute Gasteiger partial charge is 0.361 e. The van der Waals surface area contributed by atoms with Crippen molar-refractivity contribution in [3.63, 3.8) is 0 Å². The Morgan fingerprint density at radius 2 is 1.93 bits per heavy atom. The predicted molar refractivity (Wildman–Crippen MR) is 117 cm³/mol. The van der Waals surface area contributed by atoms with Crippen molar-refractivity contribution in [2.75, 3.05) is 57.5 Å². The van der Waals surface area contributed by atoms with E-state index in [2.05, 4.69) is 20.2 Å². The van der Waals surface area contributed by atoms with Crippen molar-refractivity contribution in [2.24, 2.45) is 0 Å². The van der Waals surface area contributed by atoms with Gasteiger partial charge in [0, 0.05) is 65.1 Å². The average molecular weight is 430 g/mol. The van der Waals surface area contributed by atoms with Crippen molar-refractivity contribution in [2.45, 2.75) is 18.7 Å². The van der Waals surface area contributed by atoms with Crippen molar-refractivity contribution in [3.05, 3.63) is 45.5 Å². The lowest BCUT2D eigenvalue weighted by molar-refractivity contribution is 0.0624. The third-order valence-electron chi connectivity index (χ3n) is 5.52. The molecular weight excluding hydrogens is 402 g/mol. The molecule has 2 aliphatic rings. The summed E-state index contributed by atoms with van der Waals surface area (Å²) in [5, 5.41) is 12.7. The van der Waals surface area contributed by atoms with E-state index in [1.165, 1.54) is 0 Å². The van der Waals surface area contributed by atoms with E-state index in [1.807, 2.05) is 35.7 Å². The molecule has 2 aromatic rings. The quantitative estimate of drug-likeness (QED) is 0.673. The molecule has 0 aliphatic carbocycles. The fourth-order valence-corrected chi connectivity index (χ4v) is 4.62. The van der Waals surface area contributed by atoms with Crippen LogP contribution in [0.4, 0.5) is 5.82 Å². The number of thioether (sulfide) groups is 1. The van der Waals surface area contributed by atoms with Crippen LogP contribution in [0.3, 0.4) is 0 Å². The second-order valence-electron chi connectivity index (χ2n) is 7.79. The van der Waals surface area contributed by atoms with E-state index in [0.717, 1.165) is 54.6 Å². The lowest BCUT2D eigenvalue weighted by atomic mass is 10.2. The molecule has 2 aliphatic heterocycles. The molecule has 0 radical (unpaired) electrons. The molecule has 10 heteroatoms. The van der Waals surface area contributed by atoms with Crippen LogP contribution in [0.25, 0.3) is 0 Å². The number of nitrogens with zero attached hydrogens (tertiary/aromatic N) is 7. The smallest absolute Gasteiger partial charge is 0.274 e. The Labute approximate surface area is 180 Å². The second-order valence-corrected chi connectivity index (χ2v) is 8.89. The van der Waals surface area contributed by atoms with Gasteiger partial charge in [0.15, 0.2) is 11.5 Å². The van der Waals surface area contributed by atoms with Crippen molar-refractivity contribution in [3.8, 4) is 0 Å². The summed E-state index contributed by atoms with van der Waals surface area (Å²) < 4.78 is 1.59. The fraction of sp³-hybridized carbons (Fsp3) is 0.550.